The summed E-state index contributed by atoms with van der Waals surface area (Å²) in [6.45, 7) is 6.71. The maximum atomic E-state index is 13.5. The molecule has 0 aliphatic heterocycles. The van der Waals surface area contributed by atoms with Crippen LogP contribution in [0.15, 0.2) is 60.9 Å². The smallest absolute Gasteiger partial charge is 0.233 e. The Bertz CT molecular complexity index is 1180. The largest absolute Gasteiger partial charge is 0.283 e. The third-order valence-electron chi connectivity index (χ3n) is 5.29. The molecule has 0 atom stereocenters. The van der Waals surface area contributed by atoms with Crippen LogP contribution in [0.25, 0.3) is 10.2 Å². The van der Waals surface area contributed by atoms with Crippen molar-refractivity contribution in [2.24, 2.45) is 0 Å². The van der Waals surface area contributed by atoms with E-state index in [2.05, 4.69) is 56.1 Å². The molecule has 4 aromatic rings. The number of benzene rings is 2. The van der Waals surface area contributed by atoms with E-state index in [1.165, 1.54) is 5.56 Å². The van der Waals surface area contributed by atoms with E-state index in [0.717, 1.165) is 44.0 Å². The summed E-state index contributed by atoms with van der Waals surface area (Å²) in [6, 6.07) is 16.5. The SMILES string of the molecule is CCc1ccc2nc(N(Cc3cccnc3)C(=O)Cc3cc(C)ccc3C)sc2c1. The standard InChI is InChI=1S/C25H25N3OS/c1-4-19-9-10-22-23(13-19)30-25(27-22)28(16-20-6-5-11-26-15-20)24(29)14-21-12-17(2)7-8-18(21)3/h5-13,15H,4,14,16H2,1-3H3. The van der Waals surface area contributed by atoms with Crippen LogP contribution in [-0.2, 0) is 24.2 Å². The summed E-state index contributed by atoms with van der Waals surface area (Å²) in [6.07, 6.45) is 4.88. The Morgan fingerprint density at radius 3 is 2.70 bits per heavy atom. The molecule has 0 aliphatic carbocycles. The molecule has 2 heterocycles. The number of aryl methyl sites for hydroxylation is 3. The summed E-state index contributed by atoms with van der Waals surface area (Å²) in [7, 11) is 0. The van der Waals surface area contributed by atoms with Crippen molar-refractivity contribution in [3.8, 4) is 0 Å². The number of hydrogen-bond donors (Lipinski definition) is 0. The van der Waals surface area contributed by atoms with Gasteiger partial charge in [0, 0.05) is 12.4 Å². The quantitative estimate of drug-likeness (QED) is 0.409. The fourth-order valence-electron chi connectivity index (χ4n) is 3.48. The fourth-order valence-corrected chi connectivity index (χ4v) is 4.52. The first-order valence-corrected chi connectivity index (χ1v) is 11.0. The summed E-state index contributed by atoms with van der Waals surface area (Å²) in [4.78, 5) is 24.3. The van der Waals surface area contributed by atoms with Crippen LogP contribution in [0.2, 0.25) is 0 Å². The highest BCUT2D eigenvalue weighted by Crippen LogP contribution is 2.31. The average Bonchev–Trinajstić information content (AvgIpc) is 3.18. The first-order chi connectivity index (χ1) is 14.5. The lowest BCUT2D eigenvalue weighted by Crippen LogP contribution is -2.32. The Morgan fingerprint density at radius 2 is 1.93 bits per heavy atom. The van der Waals surface area contributed by atoms with Gasteiger partial charge >= 0.3 is 0 Å². The van der Waals surface area contributed by atoms with Crippen LogP contribution in [0.5, 0.6) is 0 Å². The van der Waals surface area contributed by atoms with E-state index in [1.54, 1.807) is 28.6 Å². The minimum Gasteiger partial charge on any atom is -0.283 e. The van der Waals surface area contributed by atoms with E-state index < -0.39 is 0 Å². The normalized spacial score (nSPS) is 11.0. The number of hydrogen-bond acceptors (Lipinski definition) is 4. The molecule has 0 aliphatic rings. The van der Waals surface area contributed by atoms with E-state index in [-0.39, 0.29) is 5.91 Å². The number of nitrogens with zero attached hydrogens (tertiary/aromatic N) is 3. The fraction of sp³-hybridized carbons (Fsp3) is 0.240. The predicted molar refractivity (Wildman–Crippen MR) is 124 cm³/mol. The lowest BCUT2D eigenvalue weighted by atomic mass is 10.0. The number of pyridine rings is 1. The van der Waals surface area contributed by atoms with Crippen molar-refractivity contribution in [3.63, 3.8) is 0 Å². The van der Waals surface area contributed by atoms with Crippen LogP contribution in [-0.4, -0.2) is 15.9 Å². The Morgan fingerprint density at radius 1 is 1.07 bits per heavy atom. The molecular weight excluding hydrogens is 390 g/mol. The maximum absolute atomic E-state index is 13.5. The van der Waals surface area contributed by atoms with Crippen LogP contribution >= 0.6 is 11.3 Å². The van der Waals surface area contributed by atoms with Crippen LogP contribution in [0, 0.1) is 13.8 Å². The van der Waals surface area contributed by atoms with Crippen molar-refractivity contribution in [1.29, 1.82) is 0 Å². The van der Waals surface area contributed by atoms with Gasteiger partial charge in [0.05, 0.1) is 23.2 Å². The monoisotopic (exact) mass is 415 g/mol. The van der Waals surface area contributed by atoms with Crippen molar-refractivity contribution in [1.82, 2.24) is 9.97 Å². The van der Waals surface area contributed by atoms with Crippen molar-refractivity contribution in [3.05, 3.63) is 88.7 Å². The topological polar surface area (TPSA) is 46.1 Å². The van der Waals surface area contributed by atoms with Gasteiger partial charge < -0.3 is 0 Å². The highest BCUT2D eigenvalue weighted by Gasteiger charge is 2.21. The Hall–Kier alpha value is -3.05. The molecule has 0 unspecified atom stereocenters. The Balaban J connectivity index is 1.70. The van der Waals surface area contributed by atoms with E-state index in [4.69, 9.17) is 4.98 Å². The van der Waals surface area contributed by atoms with Crippen molar-refractivity contribution in [2.45, 2.75) is 40.2 Å². The molecular formula is C25H25N3OS. The number of carbonyl (C=O) groups excluding carboxylic acids is 1. The zero-order valence-corrected chi connectivity index (χ0v) is 18.4. The number of thiazole rings is 1. The molecule has 0 saturated heterocycles. The molecule has 0 spiro atoms. The minimum absolute atomic E-state index is 0.0438. The van der Waals surface area contributed by atoms with Gasteiger partial charge in [-0.25, -0.2) is 4.98 Å². The van der Waals surface area contributed by atoms with Crippen molar-refractivity contribution in [2.75, 3.05) is 4.90 Å². The Labute approximate surface area is 181 Å². The number of carbonyl (C=O) groups is 1. The summed E-state index contributed by atoms with van der Waals surface area (Å²) in [5, 5.41) is 0.734. The van der Waals surface area contributed by atoms with Gasteiger partial charge in [-0.15, -0.1) is 0 Å². The molecule has 2 aromatic carbocycles. The number of rotatable bonds is 6. The molecule has 0 bridgehead atoms. The number of aromatic nitrogens is 2. The molecule has 0 radical (unpaired) electrons. The predicted octanol–water partition coefficient (Wildman–Crippen LogP) is 5.65. The summed E-state index contributed by atoms with van der Waals surface area (Å²) < 4.78 is 1.11. The molecule has 1 amide bonds. The van der Waals surface area contributed by atoms with Gasteiger partial charge in [0.25, 0.3) is 0 Å². The highest BCUT2D eigenvalue weighted by molar-refractivity contribution is 7.22. The van der Waals surface area contributed by atoms with Gasteiger partial charge in [0.15, 0.2) is 5.13 Å². The molecule has 4 nitrogen and oxygen atoms in total. The van der Waals surface area contributed by atoms with Crippen LogP contribution in [0.1, 0.15) is 34.7 Å². The number of anilines is 1. The van der Waals surface area contributed by atoms with Gasteiger partial charge in [-0.3, -0.25) is 14.7 Å². The van der Waals surface area contributed by atoms with E-state index in [0.29, 0.717) is 13.0 Å². The summed E-state index contributed by atoms with van der Waals surface area (Å²) in [5.41, 5.74) is 6.55. The molecule has 0 fully saturated rings. The average molecular weight is 416 g/mol. The second-order valence-corrected chi connectivity index (χ2v) is 8.61. The molecule has 4 rings (SSSR count). The van der Waals surface area contributed by atoms with E-state index in [9.17, 15) is 4.79 Å². The third kappa shape index (κ3) is 4.41. The molecule has 30 heavy (non-hydrogen) atoms. The molecule has 0 saturated carbocycles. The lowest BCUT2D eigenvalue weighted by molar-refractivity contribution is -0.118. The van der Waals surface area contributed by atoms with Gasteiger partial charge in [0.1, 0.15) is 0 Å². The molecule has 2 aromatic heterocycles. The highest BCUT2D eigenvalue weighted by atomic mass is 32.1. The van der Waals surface area contributed by atoms with E-state index in [1.807, 2.05) is 18.2 Å². The van der Waals surface area contributed by atoms with Gasteiger partial charge in [0.2, 0.25) is 5.91 Å². The van der Waals surface area contributed by atoms with Crippen molar-refractivity contribution < 1.29 is 4.79 Å². The van der Waals surface area contributed by atoms with Gasteiger partial charge in [-0.1, -0.05) is 54.2 Å². The minimum atomic E-state index is 0.0438. The van der Waals surface area contributed by atoms with Crippen LogP contribution in [0.4, 0.5) is 5.13 Å². The summed E-state index contributed by atoms with van der Waals surface area (Å²) >= 11 is 1.57. The summed E-state index contributed by atoms with van der Waals surface area (Å²) in [5.74, 6) is 0.0438. The molecule has 0 N–H and O–H groups in total. The first-order valence-electron chi connectivity index (χ1n) is 10.2. The third-order valence-corrected chi connectivity index (χ3v) is 6.33. The van der Waals surface area contributed by atoms with Gasteiger partial charge in [-0.2, -0.15) is 0 Å². The van der Waals surface area contributed by atoms with E-state index >= 15 is 0 Å². The second kappa shape index (κ2) is 8.76. The zero-order valence-electron chi connectivity index (χ0n) is 17.6. The van der Waals surface area contributed by atoms with Crippen LogP contribution < -0.4 is 4.90 Å². The number of fused-ring (bicyclic) bond motifs is 1. The van der Waals surface area contributed by atoms with Gasteiger partial charge in [-0.05, 0) is 60.7 Å². The molecule has 152 valence electrons. The maximum Gasteiger partial charge on any atom is 0.233 e. The lowest BCUT2D eigenvalue weighted by Gasteiger charge is -2.20. The Kier molecular flexibility index (Phi) is 5.91. The van der Waals surface area contributed by atoms with Crippen LogP contribution in [0.3, 0.4) is 0 Å². The zero-order chi connectivity index (χ0) is 21.1. The second-order valence-electron chi connectivity index (χ2n) is 7.60. The van der Waals surface area contributed by atoms with Crippen molar-refractivity contribution >= 4 is 32.6 Å². The first kappa shape index (κ1) is 20.2. The molecule has 5 heteroatoms. The number of amides is 1.